The molecule has 0 radical (unpaired) electrons. The van der Waals surface area contributed by atoms with Crippen molar-refractivity contribution in [1.82, 2.24) is 14.5 Å². The number of nitrogens with zero attached hydrogens (tertiary/aromatic N) is 5. The van der Waals surface area contributed by atoms with Gasteiger partial charge in [0.2, 0.25) is 0 Å². The first-order valence-corrected chi connectivity index (χ1v) is 4.85. The van der Waals surface area contributed by atoms with Crippen molar-refractivity contribution >= 4 is 5.97 Å². The lowest BCUT2D eigenvalue weighted by Crippen LogP contribution is -2.08. The third-order valence-electron chi connectivity index (χ3n) is 2.31. The zero-order valence-electron chi connectivity index (χ0n) is 9.20. The standard InChI is InChI=1S/C11H4FN5O2/c12-9-6(11(18)19)1-2-15-10(9)17-5-16-7(3-13)8(17)4-14/h1-2,5H,(H,18,19). The van der Waals surface area contributed by atoms with Crippen LogP contribution >= 0.6 is 0 Å². The molecule has 2 rings (SSSR count). The second kappa shape index (κ2) is 4.55. The number of halogens is 1. The number of carbonyl (C=O) groups is 1. The highest BCUT2D eigenvalue weighted by Gasteiger charge is 2.20. The minimum Gasteiger partial charge on any atom is -0.478 e. The molecule has 0 amide bonds. The highest BCUT2D eigenvalue weighted by Crippen LogP contribution is 2.17. The number of hydrogen-bond acceptors (Lipinski definition) is 5. The Morgan fingerprint density at radius 1 is 1.37 bits per heavy atom. The molecule has 1 N–H and O–H groups in total. The number of carboxylic acid groups (broad SMARTS) is 1. The molecule has 0 fully saturated rings. The maximum absolute atomic E-state index is 14.0. The monoisotopic (exact) mass is 257 g/mol. The van der Waals surface area contributed by atoms with Crippen molar-refractivity contribution in [2.24, 2.45) is 0 Å². The van der Waals surface area contributed by atoms with Crippen LogP contribution in [0, 0.1) is 28.5 Å². The van der Waals surface area contributed by atoms with E-state index in [9.17, 15) is 9.18 Å². The van der Waals surface area contributed by atoms with E-state index in [0.717, 1.165) is 23.2 Å². The summed E-state index contributed by atoms with van der Waals surface area (Å²) < 4.78 is 14.9. The number of pyridine rings is 1. The zero-order valence-corrected chi connectivity index (χ0v) is 9.20. The molecule has 0 bridgehead atoms. The molecule has 92 valence electrons. The lowest BCUT2D eigenvalue weighted by atomic mass is 10.2. The van der Waals surface area contributed by atoms with Gasteiger partial charge in [0.05, 0.1) is 0 Å². The second-order valence-electron chi connectivity index (χ2n) is 3.34. The van der Waals surface area contributed by atoms with Crippen molar-refractivity contribution in [2.75, 3.05) is 0 Å². The summed E-state index contributed by atoms with van der Waals surface area (Å²) in [6.45, 7) is 0. The Kier molecular flexibility index (Phi) is 2.92. The number of aromatic carboxylic acids is 1. The van der Waals surface area contributed by atoms with Gasteiger partial charge < -0.3 is 5.11 Å². The SMILES string of the molecule is N#Cc1ncn(-c2nccc(C(=O)O)c2F)c1C#N. The number of imidazole rings is 1. The summed E-state index contributed by atoms with van der Waals surface area (Å²) in [7, 11) is 0. The van der Waals surface area contributed by atoms with E-state index in [1.807, 2.05) is 0 Å². The van der Waals surface area contributed by atoms with Gasteiger partial charge in [-0.1, -0.05) is 0 Å². The molecule has 0 spiro atoms. The molecule has 19 heavy (non-hydrogen) atoms. The fraction of sp³-hybridized carbons (Fsp3) is 0. The van der Waals surface area contributed by atoms with E-state index in [0.29, 0.717) is 0 Å². The van der Waals surface area contributed by atoms with Crippen LogP contribution in [-0.2, 0) is 0 Å². The first kappa shape index (κ1) is 12.2. The molecule has 0 aromatic carbocycles. The van der Waals surface area contributed by atoms with Crippen molar-refractivity contribution < 1.29 is 14.3 Å². The van der Waals surface area contributed by atoms with Gasteiger partial charge in [-0.3, -0.25) is 4.57 Å². The predicted molar refractivity (Wildman–Crippen MR) is 57.7 cm³/mol. The van der Waals surface area contributed by atoms with Gasteiger partial charge in [-0.05, 0) is 6.07 Å². The summed E-state index contributed by atoms with van der Waals surface area (Å²) in [6, 6.07) is 4.36. The second-order valence-corrected chi connectivity index (χ2v) is 3.34. The molecule has 0 saturated heterocycles. The van der Waals surface area contributed by atoms with Crippen molar-refractivity contribution in [1.29, 1.82) is 10.5 Å². The van der Waals surface area contributed by atoms with Crippen LogP contribution in [0.15, 0.2) is 18.6 Å². The maximum Gasteiger partial charge on any atom is 0.338 e. The van der Waals surface area contributed by atoms with Crippen LogP contribution in [0.25, 0.3) is 5.82 Å². The fourth-order valence-electron chi connectivity index (χ4n) is 1.46. The summed E-state index contributed by atoms with van der Waals surface area (Å²) in [5.41, 5.74) is -0.984. The van der Waals surface area contributed by atoms with Crippen molar-refractivity contribution in [3.8, 4) is 18.0 Å². The first-order valence-electron chi connectivity index (χ1n) is 4.85. The number of carboxylic acids is 1. The molecule has 0 unspecified atom stereocenters. The maximum atomic E-state index is 14.0. The van der Waals surface area contributed by atoms with Crippen molar-refractivity contribution in [2.45, 2.75) is 0 Å². The lowest BCUT2D eigenvalue weighted by molar-refractivity contribution is 0.0691. The van der Waals surface area contributed by atoms with Gasteiger partial charge in [0.25, 0.3) is 0 Å². The van der Waals surface area contributed by atoms with Gasteiger partial charge in [-0.25, -0.2) is 19.2 Å². The Morgan fingerprint density at radius 3 is 2.68 bits per heavy atom. The Hall–Kier alpha value is -3.26. The van der Waals surface area contributed by atoms with Crippen LogP contribution in [-0.4, -0.2) is 25.6 Å². The van der Waals surface area contributed by atoms with Gasteiger partial charge in [0.1, 0.15) is 24.0 Å². The third kappa shape index (κ3) is 1.87. The van der Waals surface area contributed by atoms with Gasteiger partial charge >= 0.3 is 5.97 Å². The molecule has 0 aliphatic rings. The average Bonchev–Trinajstić information content (AvgIpc) is 2.81. The van der Waals surface area contributed by atoms with Gasteiger partial charge in [-0.15, -0.1) is 0 Å². The minimum atomic E-state index is -1.46. The fourth-order valence-corrected chi connectivity index (χ4v) is 1.46. The van der Waals surface area contributed by atoms with E-state index in [1.165, 1.54) is 0 Å². The normalized spacial score (nSPS) is 9.63. The van der Waals surface area contributed by atoms with Crippen LogP contribution in [0.4, 0.5) is 4.39 Å². The molecule has 2 heterocycles. The molecule has 8 heteroatoms. The smallest absolute Gasteiger partial charge is 0.338 e. The summed E-state index contributed by atoms with van der Waals surface area (Å²) in [5.74, 6) is -2.96. The number of hydrogen-bond donors (Lipinski definition) is 1. The van der Waals surface area contributed by atoms with E-state index >= 15 is 0 Å². The van der Waals surface area contributed by atoms with E-state index in [4.69, 9.17) is 15.6 Å². The largest absolute Gasteiger partial charge is 0.478 e. The molecule has 7 nitrogen and oxygen atoms in total. The van der Waals surface area contributed by atoms with Crippen LogP contribution in [0.2, 0.25) is 0 Å². The molecule has 2 aromatic heterocycles. The number of aromatic nitrogens is 3. The minimum absolute atomic E-state index is 0.190. The Balaban J connectivity index is 2.71. The molecular formula is C11H4FN5O2. The van der Waals surface area contributed by atoms with Crippen LogP contribution < -0.4 is 0 Å². The van der Waals surface area contributed by atoms with E-state index in [-0.39, 0.29) is 11.4 Å². The summed E-state index contributed by atoms with van der Waals surface area (Å²) in [4.78, 5) is 18.1. The summed E-state index contributed by atoms with van der Waals surface area (Å²) in [6.07, 6.45) is 2.13. The molecule has 0 aliphatic heterocycles. The van der Waals surface area contributed by atoms with Gasteiger partial charge in [0.15, 0.2) is 23.0 Å². The number of rotatable bonds is 2. The zero-order chi connectivity index (χ0) is 14.0. The Labute approximate surface area is 105 Å². The van der Waals surface area contributed by atoms with Crippen molar-refractivity contribution in [3.63, 3.8) is 0 Å². The van der Waals surface area contributed by atoms with E-state index in [2.05, 4.69) is 9.97 Å². The summed E-state index contributed by atoms with van der Waals surface area (Å²) >= 11 is 0. The van der Waals surface area contributed by atoms with Crippen LogP contribution in [0.3, 0.4) is 0 Å². The first-order chi connectivity index (χ1) is 9.10. The van der Waals surface area contributed by atoms with Crippen LogP contribution in [0.5, 0.6) is 0 Å². The Morgan fingerprint density at radius 2 is 2.11 bits per heavy atom. The van der Waals surface area contributed by atoms with Gasteiger partial charge in [-0.2, -0.15) is 10.5 Å². The molecule has 0 aliphatic carbocycles. The molecule has 0 atom stereocenters. The lowest BCUT2D eigenvalue weighted by Gasteiger charge is -2.05. The van der Waals surface area contributed by atoms with Crippen molar-refractivity contribution in [3.05, 3.63) is 41.4 Å². The van der Waals surface area contributed by atoms with E-state index < -0.39 is 23.2 Å². The highest BCUT2D eigenvalue weighted by molar-refractivity contribution is 5.88. The van der Waals surface area contributed by atoms with Crippen LogP contribution in [0.1, 0.15) is 21.7 Å². The quantitative estimate of drug-likeness (QED) is 0.852. The third-order valence-corrected chi connectivity index (χ3v) is 2.31. The molecule has 0 saturated carbocycles. The van der Waals surface area contributed by atoms with Gasteiger partial charge in [0, 0.05) is 6.20 Å². The topological polar surface area (TPSA) is 116 Å². The average molecular weight is 257 g/mol. The number of nitriles is 2. The Bertz CT molecular complexity index is 753. The molecule has 2 aromatic rings. The molecular weight excluding hydrogens is 253 g/mol. The summed E-state index contributed by atoms with van der Waals surface area (Å²) in [5, 5.41) is 26.5. The highest BCUT2D eigenvalue weighted by atomic mass is 19.1. The van der Waals surface area contributed by atoms with E-state index in [1.54, 1.807) is 12.1 Å². The predicted octanol–water partition coefficient (Wildman–Crippen LogP) is 0.848.